The molecule has 0 aromatic heterocycles. The van der Waals surface area contributed by atoms with Crippen molar-refractivity contribution in [2.45, 2.75) is 52.2 Å². The van der Waals surface area contributed by atoms with Gasteiger partial charge < -0.3 is 14.8 Å². The zero-order valence-corrected chi connectivity index (χ0v) is 16.0. The second kappa shape index (κ2) is 9.97. The van der Waals surface area contributed by atoms with Crippen LogP contribution in [-0.2, 0) is 16.1 Å². The lowest BCUT2D eigenvalue weighted by atomic mass is 9.97. The molecule has 4 heteroatoms. The van der Waals surface area contributed by atoms with E-state index < -0.39 is 5.60 Å². The van der Waals surface area contributed by atoms with Crippen LogP contribution in [0, 0.1) is 0 Å². The van der Waals surface area contributed by atoms with Gasteiger partial charge in [-0.15, -0.1) is 0 Å². The summed E-state index contributed by atoms with van der Waals surface area (Å²) in [6.45, 7) is 6.92. The van der Waals surface area contributed by atoms with Crippen molar-refractivity contribution >= 4 is 11.6 Å². The first kappa shape index (κ1) is 20.0. The van der Waals surface area contributed by atoms with E-state index in [1.807, 2.05) is 68.4 Å². The Morgan fingerprint density at radius 3 is 2.35 bits per heavy atom. The summed E-state index contributed by atoms with van der Waals surface area (Å²) in [7, 11) is 0. The number of amides is 1. The van der Waals surface area contributed by atoms with Gasteiger partial charge in [0.05, 0.1) is 0 Å². The number of carbonyl (C=O) groups excluding carboxylic acids is 1. The molecular weight excluding hydrogens is 326 g/mol. The van der Waals surface area contributed by atoms with E-state index in [2.05, 4.69) is 12.2 Å². The minimum atomic E-state index is -0.798. The molecule has 2 rings (SSSR count). The molecule has 0 unspecified atom stereocenters. The molecular formula is C22H29NO3. The number of rotatable bonds is 10. The minimum absolute atomic E-state index is 0.106. The summed E-state index contributed by atoms with van der Waals surface area (Å²) in [6, 6.07) is 17.5. The third-order valence-corrected chi connectivity index (χ3v) is 4.31. The Hall–Kier alpha value is -2.33. The summed E-state index contributed by atoms with van der Waals surface area (Å²) >= 11 is 0. The van der Waals surface area contributed by atoms with Crippen molar-refractivity contribution < 1.29 is 14.3 Å². The fourth-order valence-electron chi connectivity index (χ4n) is 2.72. The number of ether oxygens (including phenoxy) is 2. The molecule has 4 nitrogen and oxygen atoms in total. The van der Waals surface area contributed by atoms with E-state index in [1.165, 1.54) is 0 Å². The third kappa shape index (κ3) is 5.88. The van der Waals surface area contributed by atoms with E-state index in [4.69, 9.17) is 9.47 Å². The number of benzene rings is 2. The number of nitrogens with one attached hydrogen (secondary N) is 1. The molecule has 1 atom stereocenters. The second-order valence-electron chi connectivity index (χ2n) is 6.52. The van der Waals surface area contributed by atoms with Gasteiger partial charge in [-0.2, -0.15) is 0 Å². The largest absolute Gasteiger partial charge is 0.489 e. The standard InChI is InChI=1S/C22H29NO3/c1-4-6-16-22(3,26-5-2)21(24)23-19-12-14-20(15-13-19)25-17-18-10-8-7-9-11-18/h7-15H,4-6,16-17H2,1-3H3,(H,23,24)/t22-/m1/s1. The Morgan fingerprint density at radius 1 is 1.04 bits per heavy atom. The maximum atomic E-state index is 12.7. The average molecular weight is 355 g/mol. The van der Waals surface area contributed by atoms with Crippen molar-refractivity contribution in [3.63, 3.8) is 0 Å². The van der Waals surface area contributed by atoms with E-state index in [0.29, 0.717) is 19.6 Å². The fourth-order valence-corrected chi connectivity index (χ4v) is 2.72. The van der Waals surface area contributed by atoms with E-state index in [1.54, 1.807) is 0 Å². The van der Waals surface area contributed by atoms with Crippen molar-refractivity contribution in [1.82, 2.24) is 0 Å². The van der Waals surface area contributed by atoms with Crippen molar-refractivity contribution in [2.24, 2.45) is 0 Å². The molecule has 0 saturated carbocycles. The van der Waals surface area contributed by atoms with Crippen LogP contribution in [-0.4, -0.2) is 18.1 Å². The first-order valence-corrected chi connectivity index (χ1v) is 9.29. The predicted molar refractivity (Wildman–Crippen MR) is 105 cm³/mol. The van der Waals surface area contributed by atoms with Gasteiger partial charge in [0.2, 0.25) is 0 Å². The highest BCUT2D eigenvalue weighted by Gasteiger charge is 2.33. The molecule has 0 aliphatic rings. The van der Waals surface area contributed by atoms with Crippen LogP contribution in [0.5, 0.6) is 5.75 Å². The van der Waals surface area contributed by atoms with Gasteiger partial charge in [-0.3, -0.25) is 4.79 Å². The third-order valence-electron chi connectivity index (χ3n) is 4.31. The van der Waals surface area contributed by atoms with Gasteiger partial charge in [-0.25, -0.2) is 0 Å². The molecule has 0 radical (unpaired) electrons. The summed E-state index contributed by atoms with van der Waals surface area (Å²) in [5.41, 5.74) is 1.06. The van der Waals surface area contributed by atoms with Gasteiger partial charge in [0.15, 0.2) is 0 Å². The van der Waals surface area contributed by atoms with Gasteiger partial charge >= 0.3 is 0 Å². The lowest BCUT2D eigenvalue weighted by Crippen LogP contribution is -2.42. The van der Waals surface area contributed by atoms with Crippen LogP contribution in [0.2, 0.25) is 0 Å². The van der Waals surface area contributed by atoms with Crippen molar-refractivity contribution in [3.8, 4) is 5.75 Å². The van der Waals surface area contributed by atoms with Gasteiger partial charge in [-0.05, 0) is 50.1 Å². The number of hydrogen-bond acceptors (Lipinski definition) is 3. The van der Waals surface area contributed by atoms with Crippen LogP contribution in [0.15, 0.2) is 54.6 Å². The molecule has 26 heavy (non-hydrogen) atoms. The summed E-state index contributed by atoms with van der Waals surface area (Å²) < 4.78 is 11.5. The van der Waals surface area contributed by atoms with E-state index in [0.717, 1.165) is 29.8 Å². The molecule has 2 aromatic rings. The predicted octanol–water partition coefficient (Wildman–Crippen LogP) is 5.19. The number of anilines is 1. The Kier molecular flexibility index (Phi) is 7.67. The van der Waals surface area contributed by atoms with Gasteiger partial charge in [0.25, 0.3) is 5.91 Å². The van der Waals surface area contributed by atoms with E-state index in [-0.39, 0.29) is 5.91 Å². The van der Waals surface area contributed by atoms with Crippen LogP contribution in [0.4, 0.5) is 5.69 Å². The molecule has 1 amide bonds. The molecule has 0 aliphatic carbocycles. The summed E-state index contributed by atoms with van der Waals surface area (Å²) in [5, 5.41) is 2.96. The summed E-state index contributed by atoms with van der Waals surface area (Å²) in [5.74, 6) is 0.663. The Morgan fingerprint density at radius 2 is 1.73 bits per heavy atom. The molecule has 0 heterocycles. The topological polar surface area (TPSA) is 47.6 Å². The first-order valence-electron chi connectivity index (χ1n) is 9.29. The monoisotopic (exact) mass is 355 g/mol. The zero-order chi connectivity index (χ0) is 18.8. The number of hydrogen-bond donors (Lipinski definition) is 1. The average Bonchev–Trinajstić information content (AvgIpc) is 2.67. The van der Waals surface area contributed by atoms with Crippen molar-refractivity contribution in [1.29, 1.82) is 0 Å². The molecule has 0 fully saturated rings. The van der Waals surface area contributed by atoms with Crippen LogP contribution in [0.25, 0.3) is 0 Å². The van der Waals surface area contributed by atoms with Crippen molar-refractivity contribution in [2.75, 3.05) is 11.9 Å². The van der Waals surface area contributed by atoms with Gasteiger partial charge in [0, 0.05) is 12.3 Å². The smallest absolute Gasteiger partial charge is 0.256 e. The maximum absolute atomic E-state index is 12.7. The number of carbonyl (C=O) groups is 1. The lowest BCUT2D eigenvalue weighted by Gasteiger charge is -2.28. The van der Waals surface area contributed by atoms with Crippen molar-refractivity contribution in [3.05, 3.63) is 60.2 Å². The zero-order valence-electron chi connectivity index (χ0n) is 16.0. The molecule has 2 aromatic carbocycles. The molecule has 0 aliphatic heterocycles. The quantitative estimate of drug-likeness (QED) is 0.638. The van der Waals surface area contributed by atoms with E-state index in [9.17, 15) is 4.79 Å². The van der Waals surface area contributed by atoms with Crippen LogP contribution < -0.4 is 10.1 Å². The summed E-state index contributed by atoms with van der Waals surface area (Å²) in [6.07, 6.45) is 2.70. The highest BCUT2D eigenvalue weighted by Crippen LogP contribution is 2.23. The van der Waals surface area contributed by atoms with Crippen LogP contribution >= 0.6 is 0 Å². The van der Waals surface area contributed by atoms with E-state index >= 15 is 0 Å². The first-order chi connectivity index (χ1) is 12.6. The van der Waals surface area contributed by atoms with Crippen LogP contribution in [0.3, 0.4) is 0 Å². The highest BCUT2D eigenvalue weighted by atomic mass is 16.5. The Balaban J connectivity index is 1.93. The Bertz CT molecular complexity index is 670. The normalized spacial score (nSPS) is 13.0. The molecule has 0 spiro atoms. The van der Waals surface area contributed by atoms with Gasteiger partial charge in [-0.1, -0.05) is 50.1 Å². The fraction of sp³-hybridized carbons (Fsp3) is 0.409. The Labute approximate surface area is 156 Å². The summed E-state index contributed by atoms with van der Waals surface area (Å²) in [4.78, 5) is 12.7. The molecule has 140 valence electrons. The SMILES string of the molecule is CCCC[C@@](C)(OCC)C(=O)Nc1ccc(OCc2ccccc2)cc1. The van der Waals surface area contributed by atoms with Gasteiger partial charge in [0.1, 0.15) is 18.0 Å². The highest BCUT2D eigenvalue weighted by molar-refractivity contribution is 5.97. The second-order valence-corrected chi connectivity index (χ2v) is 6.52. The molecule has 0 bridgehead atoms. The molecule has 1 N–H and O–H groups in total. The lowest BCUT2D eigenvalue weighted by molar-refractivity contribution is -0.139. The van der Waals surface area contributed by atoms with Crippen LogP contribution in [0.1, 0.15) is 45.6 Å². The minimum Gasteiger partial charge on any atom is -0.489 e. The maximum Gasteiger partial charge on any atom is 0.256 e. The number of unbranched alkanes of at least 4 members (excludes halogenated alkanes) is 1. The molecule has 0 saturated heterocycles.